The maximum atomic E-state index is 13.2. The molecule has 0 saturated heterocycles. The summed E-state index contributed by atoms with van der Waals surface area (Å²) in [6.45, 7) is 0.869. The maximum Gasteiger partial charge on any atom is 0.356 e. The van der Waals surface area contributed by atoms with Crippen LogP contribution in [-0.2, 0) is 4.79 Å². The van der Waals surface area contributed by atoms with Gasteiger partial charge in [-0.3, -0.25) is 4.79 Å². The molecule has 1 aromatic heterocycles. The molecule has 0 saturated carbocycles. The second-order valence-electron chi connectivity index (χ2n) is 3.52. The van der Waals surface area contributed by atoms with Gasteiger partial charge in [-0.2, -0.15) is 8.78 Å². The van der Waals surface area contributed by atoms with Crippen LogP contribution in [0.15, 0.2) is 41.4 Å². The standard InChI is InChI=1S/C12H9F2NOS/c1-8(16)12(13,14)17-11-7-6-9-4-2-3-5-10(9)15-11/h2-7H,1H3. The zero-order valence-electron chi connectivity index (χ0n) is 8.98. The first kappa shape index (κ1) is 12.0. The predicted molar refractivity (Wildman–Crippen MR) is 63.2 cm³/mol. The van der Waals surface area contributed by atoms with Crippen molar-refractivity contribution in [2.24, 2.45) is 0 Å². The molecular weight excluding hydrogens is 244 g/mol. The van der Waals surface area contributed by atoms with Crippen LogP contribution in [0, 0.1) is 0 Å². The van der Waals surface area contributed by atoms with Gasteiger partial charge in [-0.15, -0.1) is 0 Å². The Balaban J connectivity index is 2.34. The summed E-state index contributed by atoms with van der Waals surface area (Å²) in [4.78, 5) is 14.8. The maximum absolute atomic E-state index is 13.2. The van der Waals surface area contributed by atoms with Crippen LogP contribution in [0.1, 0.15) is 6.92 Å². The lowest BCUT2D eigenvalue weighted by Gasteiger charge is -2.11. The molecule has 2 nitrogen and oxygen atoms in total. The van der Waals surface area contributed by atoms with E-state index >= 15 is 0 Å². The number of aromatic nitrogens is 1. The lowest BCUT2D eigenvalue weighted by atomic mass is 10.2. The quantitative estimate of drug-likeness (QED) is 0.784. The molecule has 0 fully saturated rings. The highest BCUT2D eigenvalue weighted by Crippen LogP contribution is 2.35. The number of Topliss-reactive ketones (excluding diaryl/α,β-unsaturated/α-hetero) is 1. The van der Waals surface area contributed by atoms with Gasteiger partial charge in [-0.1, -0.05) is 24.3 Å². The van der Waals surface area contributed by atoms with E-state index in [1.165, 1.54) is 6.07 Å². The van der Waals surface area contributed by atoms with Crippen molar-refractivity contribution in [2.75, 3.05) is 0 Å². The van der Waals surface area contributed by atoms with Crippen LogP contribution in [-0.4, -0.2) is 16.0 Å². The lowest BCUT2D eigenvalue weighted by molar-refractivity contribution is -0.130. The van der Waals surface area contributed by atoms with E-state index in [0.29, 0.717) is 5.52 Å². The number of benzene rings is 1. The molecule has 2 rings (SSSR count). The van der Waals surface area contributed by atoms with E-state index in [9.17, 15) is 13.6 Å². The fourth-order valence-corrected chi connectivity index (χ4v) is 1.99. The van der Waals surface area contributed by atoms with Crippen LogP contribution in [0.3, 0.4) is 0 Å². The molecule has 0 bridgehead atoms. The molecule has 0 aliphatic carbocycles. The van der Waals surface area contributed by atoms with Gasteiger partial charge >= 0.3 is 5.25 Å². The van der Waals surface area contributed by atoms with Gasteiger partial charge < -0.3 is 0 Å². The van der Waals surface area contributed by atoms with Crippen molar-refractivity contribution >= 4 is 28.4 Å². The van der Waals surface area contributed by atoms with Gasteiger partial charge in [0, 0.05) is 12.3 Å². The number of nitrogens with zero attached hydrogens (tertiary/aromatic N) is 1. The Bertz CT molecular complexity index is 571. The molecule has 0 unspecified atom stereocenters. The minimum Gasteiger partial charge on any atom is -0.292 e. The molecule has 1 aromatic carbocycles. The Labute approximate surface area is 101 Å². The Kier molecular flexibility index (Phi) is 3.11. The highest BCUT2D eigenvalue weighted by atomic mass is 32.2. The normalized spacial score (nSPS) is 11.7. The molecule has 0 atom stereocenters. The van der Waals surface area contributed by atoms with Gasteiger partial charge in [-0.25, -0.2) is 4.98 Å². The molecule has 17 heavy (non-hydrogen) atoms. The number of ketones is 1. The zero-order chi connectivity index (χ0) is 12.5. The summed E-state index contributed by atoms with van der Waals surface area (Å²) in [7, 11) is 0. The summed E-state index contributed by atoms with van der Waals surface area (Å²) < 4.78 is 26.4. The highest BCUT2D eigenvalue weighted by Gasteiger charge is 2.37. The number of rotatable bonds is 3. The van der Waals surface area contributed by atoms with E-state index in [-0.39, 0.29) is 16.8 Å². The van der Waals surface area contributed by atoms with Crippen molar-refractivity contribution in [1.29, 1.82) is 0 Å². The molecule has 0 amide bonds. The summed E-state index contributed by atoms with van der Waals surface area (Å²) >= 11 is 0.175. The largest absolute Gasteiger partial charge is 0.356 e. The third-order valence-corrected chi connectivity index (χ3v) is 3.20. The summed E-state index contributed by atoms with van der Waals surface area (Å²) in [5.74, 6) is -1.17. The Hall–Kier alpha value is -1.49. The molecule has 0 aliphatic heterocycles. The molecular formula is C12H9F2NOS. The minimum atomic E-state index is -3.42. The number of hydrogen-bond acceptors (Lipinski definition) is 3. The fourth-order valence-electron chi connectivity index (χ4n) is 1.31. The summed E-state index contributed by atoms with van der Waals surface area (Å²) in [5.41, 5.74) is 0.636. The van der Waals surface area contributed by atoms with E-state index in [1.807, 2.05) is 12.1 Å². The second-order valence-corrected chi connectivity index (χ2v) is 4.65. The van der Waals surface area contributed by atoms with Crippen LogP contribution in [0.2, 0.25) is 0 Å². The number of carbonyl (C=O) groups is 1. The number of carbonyl (C=O) groups excluding carboxylic acids is 1. The second kappa shape index (κ2) is 4.41. The monoisotopic (exact) mass is 253 g/mol. The van der Waals surface area contributed by atoms with Gasteiger partial charge in [0.1, 0.15) is 5.03 Å². The van der Waals surface area contributed by atoms with Crippen LogP contribution in [0.5, 0.6) is 0 Å². The average Bonchev–Trinajstić information content (AvgIpc) is 2.28. The van der Waals surface area contributed by atoms with Gasteiger partial charge in [0.25, 0.3) is 0 Å². The van der Waals surface area contributed by atoms with Crippen molar-refractivity contribution in [1.82, 2.24) is 4.98 Å². The van der Waals surface area contributed by atoms with E-state index in [4.69, 9.17) is 0 Å². The van der Waals surface area contributed by atoms with Crippen molar-refractivity contribution in [3.8, 4) is 0 Å². The van der Waals surface area contributed by atoms with Crippen LogP contribution >= 0.6 is 11.8 Å². The number of pyridine rings is 1. The molecule has 5 heteroatoms. The number of hydrogen-bond donors (Lipinski definition) is 0. The van der Waals surface area contributed by atoms with Crippen molar-refractivity contribution in [3.63, 3.8) is 0 Å². The Morgan fingerprint density at radius 1 is 1.24 bits per heavy atom. The molecule has 0 spiro atoms. The van der Waals surface area contributed by atoms with Crippen LogP contribution in [0.4, 0.5) is 8.78 Å². The first-order valence-electron chi connectivity index (χ1n) is 4.93. The molecule has 2 aromatic rings. The molecule has 0 radical (unpaired) electrons. The first-order valence-corrected chi connectivity index (χ1v) is 5.74. The smallest absolute Gasteiger partial charge is 0.292 e. The fraction of sp³-hybridized carbons (Fsp3) is 0.167. The van der Waals surface area contributed by atoms with Gasteiger partial charge in [-0.05, 0) is 23.9 Å². The first-order chi connectivity index (χ1) is 7.99. The Morgan fingerprint density at radius 2 is 1.94 bits per heavy atom. The number of thioether (sulfide) groups is 1. The van der Waals surface area contributed by atoms with Gasteiger partial charge in [0.15, 0.2) is 0 Å². The van der Waals surface area contributed by atoms with E-state index in [2.05, 4.69) is 4.98 Å². The number of halogens is 2. The van der Waals surface area contributed by atoms with Crippen molar-refractivity contribution in [3.05, 3.63) is 36.4 Å². The highest BCUT2D eigenvalue weighted by molar-refractivity contribution is 8.01. The van der Waals surface area contributed by atoms with Crippen LogP contribution < -0.4 is 0 Å². The van der Waals surface area contributed by atoms with E-state index < -0.39 is 11.0 Å². The predicted octanol–water partition coefficient (Wildman–Crippen LogP) is 3.51. The Morgan fingerprint density at radius 3 is 2.65 bits per heavy atom. The third-order valence-electron chi connectivity index (χ3n) is 2.22. The van der Waals surface area contributed by atoms with Crippen LogP contribution in [0.25, 0.3) is 10.9 Å². The van der Waals surface area contributed by atoms with Crippen molar-refractivity contribution < 1.29 is 13.6 Å². The topological polar surface area (TPSA) is 30.0 Å². The lowest BCUT2D eigenvalue weighted by Crippen LogP contribution is -2.21. The third kappa shape index (κ3) is 2.61. The minimum absolute atomic E-state index is 0.143. The van der Waals surface area contributed by atoms with E-state index in [0.717, 1.165) is 12.3 Å². The average molecular weight is 253 g/mol. The number of fused-ring (bicyclic) bond motifs is 1. The van der Waals surface area contributed by atoms with E-state index in [1.54, 1.807) is 18.2 Å². The number of alkyl halides is 2. The molecule has 1 heterocycles. The van der Waals surface area contributed by atoms with Gasteiger partial charge in [0.2, 0.25) is 5.78 Å². The van der Waals surface area contributed by atoms with Crippen molar-refractivity contribution in [2.45, 2.75) is 17.2 Å². The SMILES string of the molecule is CC(=O)C(F)(F)Sc1ccc2ccccc2n1. The summed E-state index contributed by atoms with van der Waals surface area (Å²) in [6.07, 6.45) is 0. The zero-order valence-corrected chi connectivity index (χ0v) is 9.80. The molecule has 0 N–H and O–H groups in total. The number of para-hydroxylation sites is 1. The summed E-state index contributed by atoms with van der Waals surface area (Å²) in [5, 5.41) is -2.40. The van der Waals surface area contributed by atoms with Gasteiger partial charge in [0.05, 0.1) is 5.52 Å². The molecule has 0 aliphatic rings. The molecule has 88 valence electrons. The summed E-state index contributed by atoms with van der Waals surface area (Å²) in [6, 6.07) is 10.4.